The average Bonchev–Trinajstić information content (AvgIpc) is 2.23. The number of rotatable bonds is 4. The third kappa shape index (κ3) is 4.85. The van der Waals surface area contributed by atoms with E-state index in [9.17, 15) is 4.79 Å². The molecule has 17 heavy (non-hydrogen) atoms. The van der Waals surface area contributed by atoms with Gasteiger partial charge in [-0.15, -0.1) is 0 Å². The van der Waals surface area contributed by atoms with E-state index in [0.717, 1.165) is 9.80 Å². The standard InChI is InChI=1S/C11H8Br4O2/c12-3-1-2-4-17-11(16)10-8(14)5-7(13)6-9(10)15/h1-2,5-6H,3-4H2/b2-1+. The van der Waals surface area contributed by atoms with Gasteiger partial charge in [-0.25, -0.2) is 4.79 Å². The molecule has 1 aromatic carbocycles. The molecule has 92 valence electrons. The number of halogens is 4. The Morgan fingerprint density at radius 1 is 1.18 bits per heavy atom. The molecule has 0 spiro atoms. The Balaban J connectivity index is 2.79. The van der Waals surface area contributed by atoms with Crippen LogP contribution in [0.3, 0.4) is 0 Å². The Morgan fingerprint density at radius 2 is 1.76 bits per heavy atom. The summed E-state index contributed by atoms with van der Waals surface area (Å²) < 4.78 is 7.37. The number of hydrogen-bond acceptors (Lipinski definition) is 2. The minimum atomic E-state index is -0.365. The lowest BCUT2D eigenvalue weighted by atomic mass is 10.2. The highest BCUT2D eigenvalue weighted by atomic mass is 79.9. The zero-order valence-electron chi connectivity index (χ0n) is 8.55. The van der Waals surface area contributed by atoms with E-state index in [1.165, 1.54) is 0 Å². The van der Waals surface area contributed by atoms with Crippen LogP contribution in [0, 0.1) is 0 Å². The van der Waals surface area contributed by atoms with Crippen molar-refractivity contribution in [3.05, 3.63) is 43.3 Å². The molecular formula is C11H8Br4O2. The fourth-order valence-corrected chi connectivity index (χ4v) is 3.91. The molecule has 1 rings (SSSR count). The molecule has 0 bridgehead atoms. The summed E-state index contributed by atoms with van der Waals surface area (Å²) in [6.45, 7) is 0.263. The second kappa shape index (κ2) is 7.71. The number of benzene rings is 1. The van der Waals surface area contributed by atoms with E-state index in [2.05, 4.69) is 63.7 Å². The van der Waals surface area contributed by atoms with Gasteiger partial charge in [-0.2, -0.15) is 0 Å². The van der Waals surface area contributed by atoms with Crippen LogP contribution >= 0.6 is 63.7 Å². The number of ether oxygens (including phenoxy) is 1. The van der Waals surface area contributed by atoms with Crippen molar-refractivity contribution in [3.8, 4) is 0 Å². The van der Waals surface area contributed by atoms with E-state index < -0.39 is 0 Å². The first-order valence-electron chi connectivity index (χ1n) is 4.59. The fourth-order valence-electron chi connectivity index (χ4n) is 1.06. The van der Waals surface area contributed by atoms with Crippen LogP contribution in [0.4, 0.5) is 0 Å². The van der Waals surface area contributed by atoms with Crippen molar-refractivity contribution in [2.24, 2.45) is 0 Å². The Morgan fingerprint density at radius 3 is 2.29 bits per heavy atom. The molecule has 0 fully saturated rings. The van der Waals surface area contributed by atoms with Crippen molar-refractivity contribution in [2.45, 2.75) is 0 Å². The molecule has 0 unspecified atom stereocenters. The van der Waals surface area contributed by atoms with Gasteiger partial charge in [0.15, 0.2) is 0 Å². The first-order valence-corrected chi connectivity index (χ1v) is 8.09. The summed E-state index contributed by atoms with van der Waals surface area (Å²) in [4.78, 5) is 11.8. The van der Waals surface area contributed by atoms with Crippen molar-refractivity contribution in [1.82, 2.24) is 0 Å². The van der Waals surface area contributed by atoms with Crippen LogP contribution in [0.5, 0.6) is 0 Å². The van der Waals surface area contributed by atoms with Gasteiger partial charge in [-0.3, -0.25) is 0 Å². The molecule has 0 saturated carbocycles. The van der Waals surface area contributed by atoms with Crippen molar-refractivity contribution in [2.75, 3.05) is 11.9 Å². The van der Waals surface area contributed by atoms with Crippen LogP contribution < -0.4 is 0 Å². The van der Waals surface area contributed by atoms with Crippen LogP contribution in [0.1, 0.15) is 10.4 Å². The van der Waals surface area contributed by atoms with Gasteiger partial charge in [0, 0.05) is 18.7 Å². The topological polar surface area (TPSA) is 26.3 Å². The Labute approximate surface area is 133 Å². The van der Waals surface area contributed by atoms with Gasteiger partial charge in [-0.1, -0.05) is 44.0 Å². The summed E-state index contributed by atoms with van der Waals surface area (Å²) >= 11 is 13.3. The second-order valence-electron chi connectivity index (χ2n) is 2.97. The maximum absolute atomic E-state index is 11.8. The molecule has 0 aliphatic carbocycles. The van der Waals surface area contributed by atoms with E-state index in [1.54, 1.807) is 18.2 Å². The largest absolute Gasteiger partial charge is 0.458 e. The molecule has 0 heterocycles. The molecule has 0 aliphatic rings. The molecule has 6 heteroatoms. The third-order valence-electron chi connectivity index (χ3n) is 1.78. The van der Waals surface area contributed by atoms with Gasteiger partial charge < -0.3 is 4.74 Å². The number of carbonyl (C=O) groups is 1. The van der Waals surface area contributed by atoms with Gasteiger partial charge in [0.25, 0.3) is 0 Å². The maximum atomic E-state index is 11.8. The molecule has 0 N–H and O–H groups in total. The highest BCUT2D eigenvalue weighted by molar-refractivity contribution is 9.11. The van der Waals surface area contributed by atoms with Crippen LogP contribution in [0.2, 0.25) is 0 Å². The predicted octanol–water partition coefficient (Wildman–Crippen LogP) is 5.08. The Hall–Kier alpha value is 0.350. The summed E-state index contributed by atoms with van der Waals surface area (Å²) in [5.41, 5.74) is 0.487. The molecule has 0 saturated heterocycles. The summed E-state index contributed by atoms with van der Waals surface area (Å²) in [6, 6.07) is 3.60. The fraction of sp³-hybridized carbons (Fsp3) is 0.182. The monoisotopic (exact) mass is 488 g/mol. The molecule has 0 atom stereocenters. The van der Waals surface area contributed by atoms with Crippen LogP contribution in [-0.2, 0) is 4.74 Å². The first kappa shape index (κ1) is 15.4. The van der Waals surface area contributed by atoms with Crippen LogP contribution in [0.15, 0.2) is 37.7 Å². The van der Waals surface area contributed by atoms with Crippen molar-refractivity contribution in [1.29, 1.82) is 0 Å². The lowest BCUT2D eigenvalue weighted by molar-refractivity contribution is 0.0547. The summed E-state index contributed by atoms with van der Waals surface area (Å²) in [6.07, 6.45) is 3.66. The number of carbonyl (C=O) groups excluding carboxylic acids is 1. The third-order valence-corrected chi connectivity index (χ3v) is 3.86. The Kier molecular flexibility index (Phi) is 6.99. The van der Waals surface area contributed by atoms with Gasteiger partial charge in [0.05, 0.1) is 5.56 Å². The van der Waals surface area contributed by atoms with E-state index >= 15 is 0 Å². The zero-order chi connectivity index (χ0) is 12.8. The average molecular weight is 492 g/mol. The van der Waals surface area contributed by atoms with Gasteiger partial charge >= 0.3 is 5.97 Å². The van der Waals surface area contributed by atoms with Gasteiger partial charge in [0.2, 0.25) is 0 Å². The number of allylic oxidation sites excluding steroid dienone is 1. The number of alkyl halides is 1. The lowest BCUT2D eigenvalue weighted by Crippen LogP contribution is -2.07. The highest BCUT2D eigenvalue weighted by Gasteiger charge is 2.15. The minimum absolute atomic E-state index is 0.263. The molecular weight excluding hydrogens is 484 g/mol. The summed E-state index contributed by atoms with van der Waals surface area (Å²) in [5, 5.41) is 0.746. The SMILES string of the molecule is O=C(OC/C=C/CBr)c1c(Br)cc(Br)cc1Br. The smallest absolute Gasteiger partial charge is 0.340 e. The van der Waals surface area contributed by atoms with E-state index in [1.807, 2.05) is 6.08 Å². The molecule has 0 aromatic heterocycles. The van der Waals surface area contributed by atoms with Crippen LogP contribution in [0.25, 0.3) is 0 Å². The van der Waals surface area contributed by atoms with Crippen molar-refractivity contribution >= 4 is 69.7 Å². The predicted molar refractivity (Wildman–Crippen MR) is 82.8 cm³/mol. The molecule has 2 nitrogen and oxygen atoms in total. The van der Waals surface area contributed by atoms with Gasteiger partial charge in [0.1, 0.15) is 6.61 Å². The molecule has 0 amide bonds. The van der Waals surface area contributed by atoms with Crippen molar-refractivity contribution in [3.63, 3.8) is 0 Å². The number of hydrogen-bond donors (Lipinski definition) is 0. The van der Waals surface area contributed by atoms with E-state index in [-0.39, 0.29) is 12.6 Å². The van der Waals surface area contributed by atoms with Crippen molar-refractivity contribution < 1.29 is 9.53 Å². The molecule has 1 aromatic rings. The van der Waals surface area contributed by atoms with E-state index in [0.29, 0.717) is 14.5 Å². The molecule has 0 aliphatic heterocycles. The second-order valence-corrected chi connectivity index (χ2v) is 6.24. The normalized spacial score (nSPS) is 10.8. The minimum Gasteiger partial charge on any atom is -0.458 e. The number of esters is 1. The summed E-state index contributed by atoms with van der Waals surface area (Å²) in [7, 11) is 0. The highest BCUT2D eigenvalue weighted by Crippen LogP contribution is 2.30. The quantitative estimate of drug-likeness (QED) is 0.333. The van der Waals surface area contributed by atoms with E-state index in [4.69, 9.17) is 4.74 Å². The first-order chi connectivity index (χ1) is 8.06. The zero-order valence-corrected chi connectivity index (χ0v) is 14.9. The maximum Gasteiger partial charge on any atom is 0.340 e. The van der Waals surface area contributed by atoms with Gasteiger partial charge in [-0.05, 0) is 44.0 Å². The summed E-state index contributed by atoms with van der Waals surface area (Å²) in [5.74, 6) is -0.365. The lowest BCUT2D eigenvalue weighted by Gasteiger charge is -2.07. The Bertz CT molecular complexity index is 420. The van der Waals surface area contributed by atoms with Crippen LogP contribution in [-0.4, -0.2) is 17.9 Å². The molecule has 0 radical (unpaired) electrons.